The Morgan fingerprint density at radius 2 is 1.77 bits per heavy atom. The largest absolute Gasteiger partial charge is 0.506 e. The lowest BCUT2D eigenvalue weighted by molar-refractivity contribution is -0.232. The van der Waals surface area contributed by atoms with E-state index in [9.17, 15) is 14.7 Å². The Morgan fingerprint density at radius 3 is 2.36 bits per heavy atom. The summed E-state index contributed by atoms with van der Waals surface area (Å²) in [6, 6.07) is 3.04. The summed E-state index contributed by atoms with van der Waals surface area (Å²) in [5.41, 5.74) is -0.0346. The van der Waals surface area contributed by atoms with Crippen molar-refractivity contribution in [2.45, 2.75) is 31.5 Å². The molecule has 3 rings (SSSR count). The van der Waals surface area contributed by atoms with Gasteiger partial charge in [0, 0.05) is 22.9 Å². The first-order valence-corrected chi connectivity index (χ1v) is 7.94. The fourth-order valence-electron chi connectivity index (χ4n) is 2.64. The SMILES string of the molecule is O=C1OC2(CCCC2)OC(=O)C1=Cc1cc(Br)cc(Cl)c1O. The first-order valence-electron chi connectivity index (χ1n) is 6.77. The molecule has 0 radical (unpaired) electrons. The van der Waals surface area contributed by atoms with E-state index in [1.165, 1.54) is 18.2 Å². The fraction of sp³-hybridized carbons (Fsp3) is 0.333. The molecule has 1 aliphatic carbocycles. The maximum atomic E-state index is 12.1. The Morgan fingerprint density at radius 1 is 1.18 bits per heavy atom. The van der Waals surface area contributed by atoms with Crippen LogP contribution in [-0.2, 0) is 19.1 Å². The summed E-state index contributed by atoms with van der Waals surface area (Å²) in [4.78, 5) is 24.3. The zero-order chi connectivity index (χ0) is 15.9. The summed E-state index contributed by atoms with van der Waals surface area (Å²) in [5.74, 6) is -2.82. The first-order chi connectivity index (χ1) is 10.4. The molecule has 2 fully saturated rings. The molecule has 22 heavy (non-hydrogen) atoms. The van der Waals surface area contributed by atoms with Crippen molar-refractivity contribution in [3.63, 3.8) is 0 Å². The summed E-state index contributed by atoms with van der Waals surface area (Å²) < 4.78 is 11.2. The average Bonchev–Trinajstić information content (AvgIpc) is 2.87. The Labute approximate surface area is 140 Å². The van der Waals surface area contributed by atoms with Crippen LogP contribution < -0.4 is 0 Å². The van der Waals surface area contributed by atoms with Gasteiger partial charge in [0.15, 0.2) is 0 Å². The molecular formula is C15H12BrClO5. The van der Waals surface area contributed by atoms with Crippen molar-refractivity contribution in [3.05, 3.63) is 32.8 Å². The molecule has 7 heteroatoms. The number of rotatable bonds is 1. The molecule has 0 bridgehead atoms. The third-order valence-corrected chi connectivity index (χ3v) is 4.47. The van der Waals surface area contributed by atoms with E-state index in [4.69, 9.17) is 21.1 Å². The van der Waals surface area contributed by atoms with Crippen LogP contribution in [0.2, 0.25) is 5.02 Å². The number of ether oxygens (including phenoxy) is 2. The van der Waals surface area contributed by atoms with Crippen molar-refractivity contribution in [1.29, 1.82) is 0 Å². The molecule has 1 heterocycles. The van der Waals surface area contributed by atoms with Gasteiger partial charge in [0.05, 0.1) is 5.02 Å². The Bertz CT molecular complexity index is 669. The summed E-state index contributed by atoms with van der Waals surface area (Å²) >= 11 is 9.10. The molecular weight excluding hydrogens is 376 g/mol. The van der Waals surface area contributed by atoms with Gasteiger partial charge in [-0.25, -0.2) is 9.59 Å². The van der Waals surface area contributed by atoms with E-state index in [2.05, 4.69) is 15.9 Å². The molecule has 0 amide bonds. The van der Waals surface area contributed by atoms with Gasteiger partial charge in [-0.05, 0) is 31.1 Å². The minimum absolute atomic E-state index is 0.103. The van der Waals surface area contributed by atoms with Crippen LogP contribution in [0.1, 0.15) is 31.2 Å². The van der Waals surface area contributed by atoms with Gasteiger partial charge in [-0.15, -0.1) is 0 Å². The quantitative estimate of drug-likeness (QED) is 0.453. The molecule has 1 saturated heterocycles. The maximum Gasteiger partial charge on any atom is 0.348 e. The number of carbonyl (C=O) groups excluding carboxylic acids is 2. The van der Waals surface area contributed by atoms with Crippen molar-refractivity contribution in [1.82, 2.24) is 0 Å². The van der Waals surface area contributed by atoms with Crippen LogP contribution in [0.4, 0.5) is 0 Å². The molecule has 2 aliphatic rings. The van der Waals surface area contributed by atoms with Crippen LogP contribution in [-0.4, -0.2) is 22.8 Å². The van der Waals surface area contributed by atoms with Gasteiger partial charge in [-0.1, -0.05) is 27.5 Å². The number of carbonyl (C=O) groups is 2. The standard InChI is InChI=1S/C15H12BrClO5/c16-9-5-8(12(18)11(17)7-9)6-10-13(19)21-15(22-14(10)20)3-1-2-4-15/h5-7,18H,1-4H2. The highest BCUT2D eigenvalue weighted by atomic mass is 79.9. The lowest BCUT2D eigenvalue weighted by Gasteiger charge is -2.32. The summed E-state index contributed by atoms with van der Waals surface area (Å²) in [6.07, 6.45) is 3.96. The summed E-state index contributed by atoms with van der Waals surface area (Å²) in [7, 11) is 0. The molecule has 1 aliphatic heterocycles. The number of benzene rings is 1. The van der Waals surface area contributed by atoms with E-state index in [1.54, 1.807) is 0 Å². The number of esters is 2. The monoisotopic (exact) mass is 386 g/mol. The molecule has 0 aromatic heterocycles. The van der Waals surface area contributed by atoms with Gasteiger partial charge in [-0.2, -0.15) is 0 Å². The lowest BCUT2D eigenvalue weighted by atomic mass is 10.1. The molecule has 1 saturated carbocycles. The lowest BCUT2D eigenvalue weighted by Crippen LogP contribution is -2.44. The minimum Gasteiger partial charge on any atom is -0.506 e. The predicted octanol–water partition coefficient (Wildman–Crippen LogP) is 3.56. The molecule has 5 nitrogen and oxygen atoms in total. The van der Waals surface area contributed by atoms with Gasteiger partial charge >= 0.3 is 11.9 Å². The van der Waals surface area contributed by atoms with Crippen LogP contribution in [0.5, 0.6) is 5.75 Å². The second-order valence-corrected chi connectivity index (χ2v) is 6.60. The Hall–Kier alpha value is -1.53. The number of aromatic hydroxyl groups is 1. The van der Waals surface area contributed by atoms with E-state index in [0.29, 0.717) is 17.3 Å². The predicted molar refractivity (Wildman–Crippen MR) is 82.2 cm³/mol. The van der Waals surface area contributed by atoms with Gasteiger partial charge in [0.1, 0.15) is 11.3 Å². The maximum absolute atomic E-state index is 12.1. The summed E-state index contributed by atoms with van der Waals surface area (Å²) in [6.45, 7) is 0. The third kappa shape index (κ3) is 2.73. The van der Waals surface area contributed by atoms with E-state index < -0.39 is 17.7 Å². The molecule has 0 atom stereocenters. The molecule has 1 spiro atoms. The van der Waals surface area contributed by atoms with Gasteiger partial charge in [0.2, 0.25) is 0 Å². The molecule has 1 aromatic carbocycles. The number of hydrogen-bond acceptors (Lipinski definition) is 5. The van der Waals surface area contributed by atoms with Crippen molar-refractivity contribution < 1.29 is 24.2 Å². The summed E-state index contributed by atoms with van der Waals surface area (Å²) in [5, 5.41) is 10.0. The average molecular weight is 388 g/mol. The van der Waals surface area contributed by atoms with Gasteiger partial charge in [0.25, 0.3) is 5.79 Å². The highest BCUT2D eigenvalue weighted by molar-refractivity contribution is 9.10. The van der Waals surface area contributed by atoms with Crippen molar-refractivity contribution in [2.75, 3.05) is 0 Å². The van der Waals surface area contributed by atoms with Crippen LogP contribution >= 0.6 is 27.5 Å². The normalized spacial score (nSPS) is 20.0. The van der Waals surface area contributed by atoms with Crippen molar-refractivity contribution >= 4 is 45.5 Å². The van der Waals surface area contributed by atoms with Gasteiger partial charge in [-0.3, -0.25) is 0 Å². The second kappa shape index (κ2) is 5.59. The van der Waals surface area contributed by atoms with Crippen molar-refractivity contribution in [3.8, 4) is 5.75 Å². The molecule has 0 unspecified atom stereocenters. The van der Waals surface area contributed by atoms with E-state index in [0.717, 1.165) is 12.8 Å². The van der Waals surface area contributed by atoms with Crippen LogP contribution in [0, 0.1) is 0 Å². The van der Waals surface area contributed by atoms with Gasteiger partial charge < -0.3 is 14.6 Å². The topological polar surface area (TPSA) is 72.8 Å². The highest BCUT2D eigenvalue weighted by Gasteiger charge is 2.47. The number of hydrogen-bond donors (Lipinski definition) is 1. The number of phenols is 1. The second-order valence-electron chi connectivity index (χ2n) is 5.28. The molecule has 116 valence electrons. The number of phenolic OH excluding ortho intramolecular Hbond substituents is 1. The fourth-order valence-corrected chi connectivity index (χ4v) is 3.47. The van der Waals surface area contributed by atoms with Crippen LogP contribution in [0.25, 0.3) is 6.08 Å². The van der Waals surface area contributed by atoms with Crippen LogP contribution in [0.15, 0.2) is 22.2 Å². The van der Waals surface area contributed by atoms with Crippen molar-refractivity contribution in [2.24, 2.45) is 0 Å². The molecule has 1 aromatic rings. The Kier molecular flexibility index (Phi) is 3.91. The molecule has 1 N–H and O–H groups in total. The van der Waals surface area contributed by atoms with E-state index in [1.807, 2.05) is 0 Å². The highest BCUT2D eigenvalue weighted by Crippen LogP contribution is 2.39. The first kappa shape index (κ1) is 15.4. The third-order valence-electron chi connectivity index (χ3n) is 3.72. The minimum atomic E-state index is -1.11. The Balaban J connectivity index is 1.95. The van der Waals surface area contributed by atoms with E-state index >= 15 is 0 Å². The van der Waals surface area contributed by atoms with Crippen LogP contribution in [0.3, 0.4) is 0 Å². The number of halogens is 2. The smallest absolute Gasteiger partial charge is 0.348 e. The van der Waals surface area contributed by atoms with E-state index in [-0.39, 0.29) is 21.9 Å². The zero-order valence-electron chi connectivity index (χ0n) is 11.4. The zero-order valence-corrected chi connectivity index (χ0v) is 13.7.